The van der Waals surface area contributed by atoms with E-state index in [0.29, 0.717) is 0 Å². The Balaban J connectivity index is 3.70. The summed E-state index contributed by atoms with van der Waals surface area (Å²) in [5.74, 6) is 0. The fourth-order valence-electron chi connectivity index (χ4n) is 0.943. The van der Waals surface area contributed by atoms with Gasteiger partial charge in [0.1, 0.15) is 0 Å². The zero-order valence-corrected chi connectivity index (χ0v) is 8.85. The number of hydrogen-bond donors (Lipinski definition) is 0. The Bertz CT molecular complexity index is 94.0. The van der Waals surface area contributed by atoms with Gasteiger partial charge in [0.05, 0.1) is 13.2 Å². The molecule has 0 bridgehead atoms. The van der Waals surface area contributed by atoms with Crippen molar-refractivity contribution in [2.45, 2.75) is 34.1 Å². The molecule has 0 aliphatic heterocycles. The highest BCUT2D eigenvalue weighted by atomic mass is 16.5. The van der Waals surface area contributed by atoms with Crippen molar-refractivity contribution >= 4 is 0 Å². The van der Waals surface area contributed by atoms with Gasteiger partial charge in [0.25, 0.3) is 0 Å². The SMILES string of the molecule is CCOCC(C)(CC)COCC. The lowest BCUT2D eigenvalue weighted by atomic mass is 9.90. The molecule has 0 saturated heterocycles. The van der Waals surface area contributed by atoms with Gasteiger partial charge in [0.15, 0.2) is 0 Å². The van der Waals surface area contributed by atoms with Gasteiger partial charge in [-0.1, -0.05) is 13.8 Å². The highest BCUT2D eigenvalue weighted by molar-refractivity contribution is 4.71. The maximum absolute atomic E-state index is 5.41. The molecule has 0 unspecified atom stereocenters. The lowest BCUT2D eigenvalue weighted by Gasteiger charge is -2.27. The molecule has 0 aliphatic rings. The van der Waals surface area contributed by atoms with E-state index in [1.165, 1.54) is 0 Å². The van der Waals surface area contributed by atoms with Crippen molar-refractivity contribution in [1.29, 1.82) is 0 Å². The van der Waals surface area contributed by atoms with Crippen LogP contribution in [0.5, 0.6) is 0 Å². The molecule has 0 N–H and O–H groups in total. The third kappa shape index (κ3) is 4.73. The molecule has 0 fully saturated rings. The second kappa shape index (κ2) is 6.44. The van der Waals surface area contributed by atoms with Gasteiger partial charge in [0, 0.05) is 18.6 Å². The van der Waals surface area contributed by atoms with Crippen molar-refractivity contribution in [2.24, 2.45) is 5.41 Å². The number of rotatable bonds is 7. The van der Waals surface area contributed by atoms with Crippen LogP contribution in [0.1, 0.15) is 34.1 Å². The lowest BCUT2D eigenvalue weighted by molar-refractivity contribution is -0.00836. The molecule has 0 saturated carbocycles. The van der Waals surface area contributed by atoms with Crippen molar-refractivity contribution in [1.82, 2.24) is 0 Å². The van der Waals surface area contributed by atoms with E-state index in [-0.39, 0.29) is 5.41 Å². The Hall–Kier alpha value is -0.0800. The molecule has 0 atom stereocenters. The molecule has 12 heavy (non-hydrogen) atoms. The molecule has 0 aromatic rings. The Kier molecular flexibility index (Phi) is 6.39. The van der Waals surface area contributed by atoms with Crippen LogP contribution in [0.4, 0.5) is 0 Å². The molecule has 0 aromatic carbocycles. The first kappa shape index (κ1) is 11.9. The normalized spacial score (nSPS) is 12.0. The van der Waals surface area contributed by atoms with Crippen molar-refractivity contribution in [2.75, 3.05) is 26.4 Å². The number of ether oxygens (including phenoxy) is 2. The summed E-state index contributed by atoms with van der Waals surface area (Å²) in [5, 5.41) is 0. The van der Waals surface area contributed by atoms with Crippen LogP contribution in [0.2, 0.25) is 0 Å². The molecule has 0 rings (SSSR count). The van der Waals surface area contributed by atoms with Gasteiger partial charge in [-0.25, -0.2) is 0 Å². The van der Waals surface area contributed by atoms with Gasteiger partial charge in [-0.05, 0) is 20.3 Å². The number of hydrogen-bond acceptors (Lipinski definition) is 2. The zero-order chi connectivity index (χ0) is 9.45. The first-order valence-electron chi connectivity index (χ1n) is 4.84. The monoisotopic (exact) mass is 174 g/mol. The summed E-state index contributed by atoms with van der Waals surface area (Å²) in [6.07, 6.45) is 1.10. The van der Waals surface area contributed by atoms with E-state index in [2.05, 4.69) is 13.8 Å². The molecule has 0 radical (unpaired) electrons. The van der Waals surface area contributed by atoms with Crippen LogP contribution in [0, 0.1) is 5.41 Å². The zero-order valence-electron chi connectivity index (χ0n) is 8.85. The van der Waals surface area contributed by atoms with Crippen LogP contribution in [0.3, 0.4) is 0 Å². The van der Waals surface area contributed by atoms with E-state index < -0.39 is 0 Å². The van der Waals surface area contributed by atoms with Gasteiger partial charge in [0.2, 0.25) is 0 Å². The molecule has 2 heteroatoms. The Morgan fingerprint density at radius 1 is 0.917 bits per heavy atom. The molecule has 0 amide bonds. The van der Waals surface area contributed by atoms with E-state index in [1.54, 1.807) is 0 Å². The summed E-state index contributed by atoms with van der Waals surface area (Å²) in [7, 11) is 0. The molecule has 0 heterocycles. The van der Waals surface area contributed by atoms with Crippen LogP contribution in [0.15, 0.2) is 0 Å². The largest absolute Gasteiger partial charge is 0.381 e. The van der Waals surface area contributed by atoms with Gasteiger partial charge in [-0.3, -0.25) is 0 Å². The van der Waals surface area contributed by atoms with Gasteiger partial charge < -0.3 is 9.47 Å². The van der Waals surface area contributed by atoms with Crippen LogP contribution in [0.25, 0.3) is 0 Å². The fourth-order valence-corrected chi connectivity index (χ4v) is 0.943. The summed E-state index contributed by atoms with van der Waals surface area (Å²) in [4.78, 5) is 0. The van der Waals surface area contributed by atoms with Crippen LogP contribution >= 0.6 is 0 Å². The van der Waals surface area contributed by atoms with E-state index in [0.717, 1.165) is 32.8 Å². The average molecular weight is 174 g/mol. The summed E-state index contributed by atoms with van der Waals surface area (Å²) in [5.41, 5.74) is 0.200. The van der Waals surface area contributed by atoms with Crippen molar-refractivity contribution in [3.63, 3.8) is 0 Å². The van der Waals surface area contributed by atoms with Crippen LogP contribution < -0.4 is 0 Å². The predicted molar refractivity (Wildman–Crippen MR) is 51.4 cm³/mol. The van der Waals surface area contributed by atoms with E-state index in [4.69, 9.17) is 9.47 Å². The van der Waals surface area contributed by atoms with Crippen molar-refractivity contribution in [3.8, 4) is 0 Å². The maximum Gasteiger partial charge on any atom is 0.0541 e. The minimum absolute atomic E-state index is 0.200. The highest BCUT2D eigenvalue weighted by Gasteiger charge is 2.22. The first-order chi connectivity index (χ1) is 5.68. The minimum Gasteiger partial charge on any atom is -0.381 e. The van der Waals surface area contributed by atoms with Gasteiger partial charge in [-0.2, -0.15) is 0 Å². The predicted octanol–water partition coefficient (Wildman–Crippen LogP) is 2.48. The maximum atomic E-state index is 5.41. The van der Waals surface area contributed by atoms with E-state index in [1.807, 2.05) is 13.8 Å². The van der Waals surface area contributed by atoms with Gasteiger partial charge in [-0.15, -0.1) is 0 Å². The quantitative estimate of drug-likeness (QED) is 0.590. The average Bonchev–Trinajstić information content (AvgIpc) is 2.11. The molecule has 74 valence electrons. The summed E-state index contributed by atoms with van der Waals surface area (Å²) < 4.78 is 10.8. The molecule has 0 aliphatic carbocycles. The van der Waals surface area contributed by atoms with E-state index in [9.17, 15) is 0 Å². The molecule has 0 spiro atoms. The second-order valence-corrected chi connectivity index (χ2v) is 3.44. The van der Waals surface area contributed by atoms with Crippen LogP contribution in [-0.2, 0) is 9.47 Å². The lowest BCUT2D eigenvalue weighted by Crippen LogP contribution is -2.28. The second-order valence-electron chi connectivity index (χ2n) is 3.44. The summed E-state index contributed by atoms with van der Waals surface area (Å²) in [6.45, 7) is 11.6. The molecule has 0 aromatic heterocycles. The van der Waals surface area contributed by atoms with Crippen molar-refractivity contribution in [3.05, 3.63) is 0 Å². The summed E-state index contributed by atoms with van der Waals surface area (Å²) in [6, 6.07) is 0. The minimum atomic E-state index is 0.200. The Morgan fingerprint density at radius 2 is 1.33 bits per heavy atom. The molecule has 2 nitrogen and oxygen atoms in total. The van der Waals surface area contributed by atoms with Crippen molar-refractivity contribution < 1.29 is 9.47 Å². The Morgan fingerprint density at radius 3 is 1.58 bits per heavy atom. The third-order valence-corrected chi connectivity index (χ3v) is 2.16. The fraction of sp³-hybridized carbons (Fsp3) is 1.00. The Labute approximate surface area is 76.3 Å². The topological polar surface area (TPSA) is 18.5 Å². The first-order valence-corrected chi connectivity index (χ1v) is 4.84. The van der Waals surface area contributed by atoms with Gasteiger partial charge >= 0.3 is 0 Å². The van der Waals surface area contributed by atoms with Crippen LogP contribution in [-0.4, -0.2) is 26.4 Å². The molecular weight excluding hydrogens is 152 g/mol. The smallest absolute Gasteiger partial charge is 0.0541 e. The third-order valence-electron chi connectivity index (χ3n) is 2.16. The summed E-state index contributed by atoms with van der Waals surface area (Å²) >= 11 is 0. The standard InChI is InChI=1S/C10H22O2/c1-5-10(4,8-11-6-2)9-12-7-3/h5-9H2,1-4H3. The van der Waals surface area contributed by atoms with E-state index >= 15 is 0 Å². The highest BCUT2D eigenvalue weighted by Crippen LogP contribution is 2.21. The molecular formula is C10H22O2.